The number of nitrogens with one attached hydrogen (secondary N) is 1. The third kappa shape index (κ3) is 7.86. The number of nitrogens with zero attached hydrogens (tertiary/aromatic N) is 4. The van der Waals surface area contributed by atoms with E-state index in [1.54, 1.807) is 13.8 Å². The summed E-state index contributed by atoms with van der Waals surface area (Å²) in [5.41, 5.74) is 2.89. The van der Waals surface area contributed by atoms with Gasteiger partial charge in [-0.25, -0.2) is 9.97 Å². The van der Waals surface area contributed by atoms with Gasteiger partial charge in [0, 0.05) is 75.9 Å². The minimum atomic E-state index is -0.844. The van der Waals surface area contributed by atoms with Crippen molar-refractivity contribution in [1.82, 2.24) is 19.9 Å². The molecule has 0 unspecified atom stereocenters. The SMILES string of the molecule is CC(=O)O[C@H]1[C@H](C)[C@H](OCC(=O)c2cnc(N3CCC(CNCc4cn(C)c5ccccc45)CC3)nc2)O[C@@H](C)[C@H]1OC(C)=O. The summed E-state index contributed by atoms with van der Waals surface area (Å²) in [6.07, 6.45) is 4.30. The van der Waals surface area contributed by atoms with Crippen LogP contribution in [0, 0.1) is 11.8 Å². The highest BCUT2D eigenvalue weighted by atomic mass is 16.7. The molecule has 2 saturated heterocycles. The molecule has 0 aliphatic carbocycles. The molecule has 4 heterocycles. The Labute approximate surface area is 263 Å². The quantitative estimate of drug-likeness (QED) is 0.249. The highest BCUT2D eigenvalue weighted by Gasteiger charge is 2.46. The Bertz CT molecular complexity index is 1480. The maximum Gasteiger partial charge on any atom is 0.303 e. The van der Waals surface area contributed by atoms with Crippen molar-refractivity contribution >= 4 is 34.6 Å². The van der Waals surface area contributed by atoms with Gasteiger partial charge < -0.3 is 33.7 Å². The van der Waals surface area contributed by atoms with Crippen LogP contribution in [0.4, 0.5) is 5.95 Å². The van der Waals surface area contributed by atoms with Crippen molar-refractivity contribution in [3.8, 4) is 0 Å². The van der Waals surface area contributed by atoms with Crippen LogP contribution in [0.5, 0.6) is 0 Å². The van der Waals surface area contributed by atoms with Crippen molar-refractivity contribution in [3.63, 3.8) is 0 Å². The zero-order chi connectivity index (χ0) is 32.1. The Morgan fingerprint density at radius 3 is 2.36 bits per heavy atom. The molecule has 2 fully saturated rings. The lowest BCUT2D eigenvalue weighted by atomic mass is 9.92. The Hall–Kier alpha value is -3.87. The molecule has 0 radical (unpaired) electrons. The van der Waals surface area contributed by atoms with Gasteiger partial charge in [0.2, 0.25) is 5.95 Å². The lowest BCUT2D eigenvalue weighted by Crippen LogP contribution is -2.56. The van der Waals surface area contributed by atoms with E-state index in [0.717, 1.165) is 39.0 Å². The molecular weight excluding hydrogens is 578 g/mol. The number of aromatic nitrogens is 3. The van der Waals surface area contributed by atoms with E-state index in [4.69, 9.17) is 18.9 Å². The van der Waals surface area contributed by atoms with Crippen LogP contribution in [0.3, 0.4) is 0 Å². The summed E-state index contributed by atoms with van der Waals surface area (Å²) in [5, 5.41) is 4.94. The molecule has 45 heavy (non-hydrogen) atoms. The normalized spacial score (nSPS) is 24.0. The predicted octanol–water partition coefficient (Wildman–Crippen LogP) is 3.42. The molecule has 3 aromatic rings. The number of ketones is 1. The summed E-state index contributed by atoms with van der Waals surface area (Å²) in [5.74, 6) is -0.626. The Morgan fingerprint density at radius 1 is 1.00 bits per heavy atom. The number of carbonyl (C=O) groups excluding carboxylic acids is 3. The fourth-order valence-corrected chi connectivity index (χ4v) is 6.23. The Kier molecular flexibility index (Phi) is 10.5. The zero-order valence-electron chi connectivity index (χ0n) is 26.6. The summed E-state index contributed by atoms with van der Waals surface area (Å²) >= 11 is 0. The van der Waals surface area contributed by atoms with E-state index in [-0.39, 0.29) is 12.4 Å². The van der Waals surface area contributed by atoms with E-state index in [1.165, 1.54) is 42.7 Å². The molecule has 12 heteroatoms. The number of aryl methyl sites for hydroxylation is 1. The van der Waals surface area contributed by atoms with E-state index in [1.807, 2.05) is 0 Å². The molecule has 242 valence electrons. The van der Waals surface area contributed by atoms with Gasteiger partial charge in [0.05, 0.1) is 11.7 Å². The predicted molar refractivity (Wildman–Crippen MR) is 166 cm³/mol. The standard InChI is InChI=1S/C33H43N5O7/c1-20-30(44-22(3)39)31(45-23(4)40)21(2)43-32(20)42-19-29(41)25-16-35-33(36-17-25)38-12-10-24(11-13-38)14-34-15-26-18-37(5)28-9-7-6-8-27(26)28/h6-9,16-18,20-21,24,30-32,34H,10-15,19H2,1-5H3/t20-,21-,30-,31+,32+/m0/s1. The Morgan fingerprint density at radius 2 is 1.67 bits per heavy atom. The van der Waals surface area contributed by atoms with Gasteiger partial charge in [-0.15, -0.1) is 0 Å². The summed E-state index contributed by atoms with van der Waals surface area (Å²) in [6, 6.07) is 8.47. The van der Waals surface area contributed by atoms with Gasteiger partial charge in [-0.2, -0.15) is 0 Å². The average Bonchev–Trinajstić information content (AvgIpc) is 3.35. The van der Waals surface area contributed by atoms with Crippen molar-refractivity contribution in [3.05, 3.63) is 54.0 Å². The largest absolute Gasteiger partial charge is 0.458 e. The summed E-state index contributed by atoms with van der Waals surface area (Å²) < 4.78 is 24.7. The number of rotatable bonds is 11. The van der Waals surface area contributed by atoms with Crippen LogP contribution in [0.1, 0.15) is 56.5 Å². The van der Waals surface area contributed by atoms with Crippen LogP contribution < -0.4 is 10.2 Å². The van der Waals surface area contributed by atoms with E-state index in [0.29, 0.717) is 17.4 Å². The maximum absolute atomic E-state index is 12.9. The number of carbonyl (C=O) groups is 3. The van der Waals surface area contributed by atoms with Crippen LogP contribution in [-0.2, 0) is 42.1 Å². The van der Waals surface area contributed by atoms with Gasteiger partial charge in [0.1, 0.15) is 12.7 Å². The molecular formula is C33H43N5O7. The number of fused-ring (bicyclic) bond motifs is 1. The van der Waals surface area contributed by atoms with Crippen LogP contribution in [0.15, 0.2) is 42.9 Å². The first-order valence-corrected chi connectivity index (χ1v) is 15.6. The van der Waals surface area contributed by atoms with Crippen molar-refractivity contribution < 1.29 is 33.3 Å². The number of piperidine rings is 1. The molecule has 2 aromatic heterocycles. The highest BCUT2D eigenvalue weighted by Crippen LogP contribution is 2.31. The van der Waals surface area contributed by atoms with E-state index in [2.05, 4.69) is 62.3 Å². The first-order chi connectivity index (χ1) is 21.6. The van der Waals surface area contributed by atoms with Crippen molar-refractivity contribution in [1.29, 1.82) is 0 Å². The number of esters is 2. The molecule has 5 atom stereocenters. The molecule has 0 amide bonds. The number of hydrogen-bond donors (Lipinski definition) is 1. The third-order valence-corrected chi connectivity index (χ3v) is 8.65. The fraction of sp³-hybridized carbons (Fsp3) is 0.545. The lowest BCUT2D eigenvalue weighted by molar-refractivity contribution is -0.276. The molecule has 0 saturated carbocycles. The molecule has 0 spiro atoms. The first-order valence-electron chi connectivity index (χ1n) is 15.6. The monoisotopic (exact) mass is 621 g/mol. The van der Waals surface area contributed by atoms with Crippen LogP contribution >= 0.6 is 0 Å². The lowest BCUT2D eigenvalue weighted by Gasteiger charge is -2.42. The second-order valence-electron chi connectivity index (χ2n) is 12.1. The van der Waals surface area contributed by atoms with Gasteiger partial charge in [0.25, 0.3) is 0 Å². The number of Topliss-reactive ketones (excluding diaryl/α,β-unsaturated/α-hetero) is 1. The molecule has 2 aliphatic heterocycles. The van der Waals surface area contributed by atoms with Gasteiger partial charge in [-0.1, -0.05) is 25.1 Å². The average molecular weight is 622 g/mol. The van der Waals surface area contributed by atoms with E-state index >= 15 is 0 Å². The van der Waals surface area contributed by atoms with Crippen molar-refractivity contribution in [2.24, 2.45) is 18.9 Å². The number of ether oxygens (including phenoxy) is 4. The highest BCUT2D eigenvalue weighted by molar-refractivity contribution is 5.96. The van der Waals surface area contributed by atoms with E-state index in [9.17, 15) is 14.4 Å². The molecule has 2 aliphatic rings. The third-order valence-electron chi connectivity index (χ3n) is 8.65. The topological polar surface area (TPSA) is 134 Å². The minimum absolute atomic E-state index is 0.271. The van der Waals surface area contributed by atoms with E-state index < -0.39 is 42.5 Å². The van der Waals surface area contributed by atoms with Crippen LogP contribution in [0.2, 0.25) is 0 Å². The smallest absolute Gasteiger partial charge is 0.303 e. The number of para-hydroxylation sites is 1. The zero-order valence-corrected chi connectivity index (χ0v) is 26.6. The van der Waals surface area contributed by atoms with Gasteiger partial charge in [0.15, 0.2) is 18.2 Å². The molecule has 1 N–H and O–H groups in total. The number of benzene rings is 1. The van der Waals surface area contributed by atoms with Gasteiger partial charge >= 0.3 is 11.9 Å². The summed E-state index contributed by atoms with van der Waals surface area (Å²) in [4.78, 5) is 47.3. The molecule has 0 bridgehead atoms. The van der Waals surface area contributed by atoms with Gasteiger partial charge in [-0.3, -0.25) is 14.4 Å². The second kappa shape index (κ2) is 14.5. The van der Waals surface area contributed by atoms with Crippen molar-refractivity contribution in [2.75, 3.05) is 31.1 Å². The number of hydrogen-bond acceptors (Lipinski definition) is 11. The second-order valence-corrected chi connectivity index (χ2v) is 12.1. The number of anilines is 1. The van der Waals surface area contributed by atoms with Gasteiger partial charge in [-0.05, 0) is 43.9 Å². The molecule has 12 nitrogen and oxygen atoms in total. The summed E-state index contributed by atoms with van der Waals surface area (Å²) in [6.45, 7) is 9.26. The van der Waals surface area contributed by atoms with Crippen LogP contribution in [-0.4, -0.2) is 83.1 Å². The first kappa shape index (κ1) is 32.5. The minimum Gasteiger partial charge on any atom is -0.458 e. The Balaban J connectivity index is 1.07. The van der Waals surface area contributed by atoms with Crippen LogP contribution in [0.25, 0.3) is 10.9 Å². The van der Waals surface area contributed by atoms with Crippen molar-refractivity contribution in [2.45, 2.75) is 71.7 Å². The molecule has 5 rings (SSSR count). The summed E-state index contributed by atoms with van der Waals surface area (Å²) in [7, 11) is 2.08. The fourth-order valence-electron chi connectivity index (χ4n) is 6.23. The molecule has 1 aromatic carbocycles. The maximum atomic E-state index is 12.9.